The molecule has 1 atom stereocenters. The predicted octanol–water partition coefficient (Wildman–Crippen LogP) is 0.531. The van der Waals surface area contributed by atoms with E-state index in [1.165, 1.54) is 19.2 Å². The summed E-state index contributed by atoms with van der Waals surface area (Å²) in [5.74, 6) is -0.0272. The molecule has 0 radical (unpaired) electrons. The molecule has 0 spiro atoms. The van der Waals surface area contributed by atoms with E-state index in [0.717, 1.165) is 0 Å². The summed E-state index contributed by atoms with van der Waals surface area (Å²) < 4.78 is 0. The minimum Gasteiger partial charge on any atom is -0.506 e. The summed E-state index contributed by atoms with van der Waals surface area (Å²) in [6, 6.07) is 5.91. The first-order chi connectivity index (χ1) is 9.90. The van der Waals surface area contributed by atoms with Crippen LogP contribution in [0, 0.1) is 0 Å². The highest BCUT2D eigenvalue weighted by Gasteiger charge is 2.12. The van der Waals surface area contributed by atoms with Gasteiger partial charge in [0.1, 0.15) is 5.75 Å². The number of phenols is 1. The largest absolute Gasteiger partial charge is 0.506 e. The summed E-state index contributed by atoms with van der Waals surface area (Å²) in [7, 11) is 1.35. The number of aliphatic hydroxyl groups is 1. The van der Waals surface area contributed by atoms with E-state index in [1.54, 1.807) is 12.1 Å². The van der Waals surface area contributed by atoms with Crippen LogP contribution < -0.4 is 16.6 Å². The molecule has 0 bridgehead atoms. The van der Waals surface area contributed by atoms with Crippen LogP contribution in [0.2, 0.25) is 0 Å². The first-order valence-electron chi connectivity index (χ1n) is 6.04. The zero-order valence-corrected chi connectivity index (χ0v) is 12.6. The fourth-order valence-electron chi connectivity index (χ4n) is 1.68. The molecule has 1 amide bonds. The van der Waals surface area contributed by atoms with Crippen molar-refractivity contribution in [2.24, 2.45) is 5.73 Å². The highest BCUT2D eigenvalue weighted by atomic mass is 35.5. The van der Waals surface area contributed by atoms with Crippen molar-refractivity contribution >= 4 is 29.4 Å². The van der Waals surface area contributed by atoms with Gasteiger partial charge in [0, 0.05) is 25.0 Å². The van der Waals surface area contributed by atoms with E-state index in [-0.39, 0.29) is 30.3 Å². The number of aromatic hydroxyl groups is 1. The van der Waals surface area contributed by atoms with Gasteiger partial charge in [-0.05, 0) is 17.7 Å². The number of aliphatic hydroxyl groups excluding tert-OH is 1. The molecule has 0 unspecified atom stereocenters. The molecule has 8 nitrogen and oxygen atoms in total. The van der Waals surface area contributed by atoms with Gasteiger partial charge in [-0.25, -0.2) is 4.79 Å². The molecule has 1 aromatic carbocycles. The number of fused-ring (bicyclic) bond motifs is 1. The number of phenolic OH excluding ortho intramolecular Hbond substituents is 1. The number of H-pyrrole nitrogens is 1. The number of hydrogen-bond acceptors (Lipinski definition) is 5. The van der Waals surface area contributed by atoms with Gasteiger partial charge >= 0.3 is 6.09 Å². The molecular weight excluding hydrogens is 314 g/mol. The Kier molecular flexibility index (Phi) is 7.95. The Balaban J connectivity index is 0.000000644. The summed E-state index contributed by atoms with van der Waals surface area (Å²) in [6.07, 6.45) is -1.81. The Hall–Kier alpha value is -2.29. The summed E-state index contributed by atoms with van der Waals surface area (Å²) in [4.78, 5) is 22.9. The molecule has 0 aliphatic heterocycles. The van der Waals surface area contributed by atoms with E-state index < -0.39 is 12.2 Å². The number of nitrogens with two attached hydrogens (primary N) is 1. The number of amides is 1. The van der Waals surface area contributed by atoms with Crippen LogP contribution in [0.25, 0.3) is 10.9 Å². The maximum Gasteiger partial charge on any atom is 0.404 e. The van der Waals surface area contributed by atoms with Crippen LogP contribution >= 0.6 is 12.4 Å². The number of aromatic amines is 1. The van der Waals surface area contributed by atoms with Crippen molar-refractivity contribution in [3.05, 3.63) is 40.2 Å². The maximum atomic E-state index is 11.1. The minimum absolute atomic E-state index is 0. The van der Waals surface area contributed by atoms with E-state index in [2.05, 4.69) is 4.98 Å². The predicted molar refractivity (Wildman–Crippen MR) is 84.6 cm³/mol. The number of pyridine rings is 1. The SMILES string of the molecule is CNC(=O)O.Cl.NC[C@H](O)c1ccc(O)c2[nH]c(=O)ccc12. The van der Waals surface area contributed by atoms with Crippen molar-refractivity contribution in [2.45, 2.75) is 6.10 Å². The number of nitrogens with one attached hydrogen (secondary N) is 2. The monoisotopic (exact) mass is 331 g/mol. The van der Waals surface area contributed by atoms with Gasteiger partial charge in [0.2, 0.25) is 5.56 Å². The fourth-order valence-corrected chi connectivity index (χ4v) is 1.68. The number of hydrogen-bond donors (Lipinski definition) is 6. The molecule has 1 aromatic heterocycles. The van der Waals surface area contributed by atoms with Crippen LogP contribution in [0.1, 0.15) is 11.7 Å². The lowest BCUT2D eigenvalue weighted by atomic mass is 10.0. The molecule has 0 aliphatic carbocycles. The van der Waals surface area contributed by atoms with Gasteiger partial charge in [-0.3, -0.25) is 4.79 Å². The number of carbonyl (C=O) groups is 1. The van der Waals surface area contributed by atoms with Gasteiger partial charge in [-0.1, -0.05) is 6.07 Å². The van der Waals surface area contributed by atoms with Gasteiger partial charge in [-0.2, -0.15) is 0 Å². The number of rotatable bonds is 2. The van der Waals surface area contributed by atoms with Crippen molar-refractivity contribution in [1.29, 1.82) is 0 Å². The first-order valence-corrected chi connectivity index (χ1v) is 6.04. The van der Waals surface area contributed by atoms with Crippen molar-refractivity contribution < 1.29 is 20.1 Å². The van der Waals surface area contributed by atoms with Crippen LogP contribution in [0.5, 0.6) is 5.75 Å². The lowest BCUT2D eigenvalue weighted by molar-refractivity contribution is 0.188. The van der Waals surface area contributed by atoms with E-state index >= 15 is 0 Å². The Labute approximate surface area is 132 Å². The quantitative estimate of drug-likeness (QED) is 0.473. The van der Waals surface area contributed by atoms with Crippen molar-refractivity contribution in [1.82, 2.24) is 10.3 Å². The van der Waals surface area contributed by atoms with Gasteiger partial charge in [0.25, 0.3) is 0 Å². The number of halogens is 1. The Morgan fingerprint density at radius 3 is 2.45 bits per heavy atom. The Bertz CT molecular complexity index is 689. The normalized spacial score (nSPS) is 10.9. The summed E-state index contributed by atoms with van der Waals surface area (Å²) >= 11 is 0. The number of carboxylic acid groups (broad SMARTS) is 1. The zero-order valence-electron chi connectivity index (χ0n) is 11.7. The summed E-state index contributed by atoms with van der Waals surface area (Å²) in [6.45, 7) is 0.0823. The topological polar surface area (TPSA) is 149 Å². The smallest absolute Gasteiger partial charge is 0.404 e. The number of aromatic nitrogens is 1. The van der Waals surface area contributed by atoms with Crippen LogP contribution in [-0.2, 0) is 0 Å². The average Bonchev–Trinajstić information content (AvgIpc) is 2.48. The van der Waals surface area contributed by atoms with E-state index in [4.69, 9.17) is 10.8 Å². The highest BCUT2D eigenvalue weighted by molar-refractivity contribution is 5.87. The van der Waals surface area contributed by atoms with Crippen molar-refractivity contribution in [2.75, 3.05) is 13.6 Å². The van der Waals surface area contributed by atoms with Gasteiger partial charge in [-0.15, -0.1) is 12.4 Å². The van der Waals surface area contributed by atoms with Gasteiger partial charge in [0.15, 0.2) is 0 Å². The van der Waals surface area contributed by atoms with Crippen LogP contribution in [0.3, 0.4) is 0 Å². The van der Waals surface area contributed by atoms with Crippen LogP contribution in [-0.4, -0.2) is 40.0 Å². The zero-order chi connectivity index (χ0) is 16.0. The van der Waals surface area contributed by atoms with Crippen LogP contribution in [0.15, 0.2) is 29.1 Å². The van der Waals surface area contributed by atoms with Crippen molar-refractivity contribution in [3.8, 4) is 5.75 Å². The van der Waals surface area contributed by atoms with Gasteiger partial charge in [0.05, 0.1) is 11.6 Å². The lowest BCUT2D eigenvalue weighted by Gasteiger charge is -2.12. The minimum atomic E-state index is -0.995. The molecule has 7 N–H and O–H groups in total. The molecule has 0 aliphatic rings. The van der Waals surface area contributed by atoms with Crippen LogP contribution in [0.4, 0.5) is 4.79 Å². The fraction of sp³-hybridized carbons (Fsp3) is 0.231. The second-order valence-electron chi connectivity index (χ2n) is 4.09. The Morgan fingerprint density at radius 1 is 1.36 bits per heavy atom. The van der Waals surface area contributed by atoms with E-state index in [9.17, 15) is 19.8 Å². The van der Waals surface area contributed by atoms with Gasteiger partial charge < -0.3 is 31.4 Å². The first kappa shape index (κ1) is 19.7. The second-order valence-corrected chi connectivity index (χ2v) is 4.09. The Morgan fingerprint density at radius 2 is 1.95 bits per heavy atom. The summed E-state index contributed by atoms with van der Waals surface area (Å²) in [5.41, 5.74) is 5.98. The standard InChI is InChI=1S/C11H12N2O3.C2H5NO2.ClH/c12-5-9(15)6-1-3-8(14)11-7(6)2-4-10(16)13-11;1-3-2(4)5;/h1-4,9,14-15H,5,12H2,(H,13,16);3H,1H3,(H,4,5);1H/t9-;;/m0../s1. The summed E-state index contributed by atoms with van der Waals surface area (Å²) in [5, 5.41) is 29.4. The highest BCUT2D eigenvalue weighted by Crippen LogP contribution is 2.28. The third kappa shape index (κ3) is 4.92. The molecule has 0 saturated heterocycles. The molecule has 0 saturated carbocycles. The molecule has 2 aromatic rings. The second kappa shape index (κ2) is 8.88. The van der Waals surface area contributed by atoms with E-state index in [0.29, 0.717) is 16.5 Å². The third-order valence-electron chi connectivity index (χ3n) is 2.70. The molecule has 0 fully saturated rings. The molecule has 122 valence electrons. The lowest BCUT2D eigenvalue weighted by Crippen LogP contribution is -2.13. The average molecular weight is 332 g/mol. The molecule has 22 heavy (non-hydrogen) atoms. The molecule has 2 rings (SSSR count). The molecule has 1 heterocycles. The number of benzene rings is 1. The molecule has 9 heteroatoms. The third-order valence-corrected chi connectivity index (χ3v) is 2.70. The van der Waals surface area contributed by atoms with E-state index in [1.807, 2.05) is 5.32 Å². The van der Waals surface area contributed by atoms with Crippen molar-refractivity contribution in [3.63, 3.8) is 0 Å². The maximum absolute atomic E-state index is 11.1. The molecular formula is C13H18ClN3O5.